The largest absolute Gasteiger partial charge is 0.396 e. The Morgan fingerprint density at radius 2 is 2.38 bits per heavy atom. The van der Waals surface area contributed by atoms with Crippen LogP contribution in [-0.4, -0.2) is 26.7 Å². The van der Waals surface area contributed by atoms with Crippen molar-refractivity contribution in [3.8, 4) is 0 Å². The third-order valence-corrected chi connectivity index (χ3v) is 3.70. The fourth-order valence-electron chi connectivity index (χ4n) is 1.41. The smallest absolute Gasteiger partial charge is 0.0828 e. The van der Waals surface area contributed by atoms with Crippen LogP contribution in [0.1, 0.15) is 17.7 Å². The van der Waals surface area contributed by atoms with E-state index in [1.807, 2.05) is 10.9 Å². The maximum absolute atomic E-state index is 8.71. The fourth-order valence-corrected chi connectivity index (χ4v) is 2.61. The zero-order valence-corrected chi connectivity index (χ0v) is 11.0. The highest BCUT2D eigenvalue weighted by Gasteiger charge is 2.02. The third kappa shape index (κ3) is 3.13. The van der Waals surface area contributed by atoms with Crippen LogP contribution in [0.2, 0.25) is 0 Å². The second-order valence-corrected chi connectivity index (χ2v) is 5.78. The van der Waals surface area contributed by atoms with Crippen molar-refractivity contribution in [2.45, 2.75) is 19.4 Å². The number of halogens is 1. The summed E-state index contributed by atoms with van der Waals surface area (Å²) in [6, 6.07) is 2.08. The van der Waals surface area contributed by atoms with Crippen molar-refractivity contribution >= 4 is 27.3 Å². The lowest BCUT2D eigenvalue weighted by molar-refractivity contribution is 0.288. The standard InChI is InChI=1S/C10H12BrN3OS/c11-10-4-8(7-16-10)5-14-6-9(12-13-14)2-1-3-15/h4,6-7,15H,1-3,5H2. The average molecular weight is 302 g/mol. The Labute approximate surface area is 106 Å². The van der Waals surface area contributed by atoms with Crippen molar-refractivity contribution < 1.29 is 5.11 Å². The highest BCUT2D eigenvalue weighted by atomic mass is 79.9. The van der Waals surface area contributed by atoms with Crippen LogP contribution < -0.4 is 0 Å². The first-order chi connectivity index (χ1) is 7.78. The summed E-state index contributed by atoms with van der Waals surface area (Å²) in [5.74, 6) is 0. The number of hydrogen-bond donors (Lipinski definition) is 1. The van der Waals surface area contributed by atoms with Gasteiger partial charge in [-0.05, 0) is 45.8 Å². The summed E-state index contributed by atoms with van der Waals surface area (Å²) in [6.45, 7) is 0.943. The van der Waals surface area contributed by atoms with Gasteiger partial charge < -0.3 is 5.11 Å². The SMILES string of the molecule is OCCCc1cn(Cc2csc(Br)c2)nn1. The fraction of sp³-hybridized carbons (Fsp3) is 0.400. The lowest BCUT2D eigenvalue weighted by Gasteiger charge is -1.95. The lowest BCUT2D eigenvalue weighted by Crippen LogP contribution is -1.98. The molecule has 0 spiro atoms. The first-order valence-corrected chi connectivity index (χ1v) is 6.68. The lowest BCUT2D eigenvalue weighted by atomic mass is 10.2. The van der Waals surface area contributed by atoms with Gasteiger partial charge in [-0.25, -0.2) is 4.68 Å². The molecule has 0 aromatic carbocycles. The van der Waals surface area contributed by atoms with E-state index in [2.05, 4.69) is 37.7 Å². The van der Waals surface area contributed by atoms with E-state index in [4.69, 9.17) is 5.11 Å². The maximum atomic E-state index is 8.71. The number of aromatic nitrogens is 3. The molecule has 2 rings (SSSR count). The second-order valence-electron chi connectivity index (χ2n) is 3.49. The van der Waals surface area contributed by atoms with Crippen LogP contribution in [0.25, 0.3) is 0 Å². The van der Waals surface area contributed by atoms with Gasteiger partial charge in [0.15, 0.2) is 0 Å². The number of rotatable bonds is 5. The van der Waals surface area contributed by atoms with Crippen LogP contribution in [-0.2, 0) is 13.0 Å². The molecule has 0 aliphatic carbocycles. The normalized spacial score (nSPS) is 10.9. The van der Waals surface area contributed by atoms with Crippen LogP contribution >= 0.6 is 27.3 Å². The Balaban J connectivity index is 1.97. The van der Waals surface area contributed by atoms with E-state index >= 15 is 0 Å². The number of aliphatic hydroxyl groups is 1. The van der Waals surface area contributed by atoms with Crippen LogP contribution in [0.3, 0.4) is 0 Å². The van der Waals surface area contributed by atoms with Crippen molar-refractivity contribution in [2.75, 3.05) is 6.61 Å². The molecule has 0 atom stereocenters. The van der Waals surface area contributed by atoms with Crippen molar-refractivity contribution in [1.29, 1.82) is 0 Å². The van der Waals surface area contributed by atoms with Crippen molar-refractivity contribution in [2.24, 2.45) is 0 Å². The molecule has 0 aliphatic rings. The van der Waals surface area contributed by atoms with Crippen molar-refractivity contribution in [3.63, 3.8) is 0 Å². The van der Waals surface area contributed by atoms with E-state index in [1.54, 1.807) is 11.3 Å². The molecule has 2 aromatic rings. The minimum Gasteiger partial charge on any atom is -0.396 e. The number of thiophene rings is 1. The Kier molecular flexibility index (Phi) is 4.09. The van der Waals surface area contributed by atoms with Crippen LogP contribution in [0.5, 0.6) is 0 Å². The molecule has 6 heteroatoms. The summed E-state index contributed by atoms with van der Waals surface area (Å²) < 4.78 is 2.95. The van der Waals surface area contributed by atoms with Gasteiger partial charge in [-0.15, -0.1) is 16.4 Å². The highest BCUT2D eigenvalue weighted by Crippen LogP contribution is 2.21. The van der Waals surface area contributed by atoms with Gasteiger partial charge in [0.25, 0.3) is 0 Å². The Bertz CT molecular complexity index is 454. The molecule has 0 bridgehead atoms. The number of aryl methyl sites for hydroxylation is 1. The molecular formula is C10H12BrN3OS. The summed E-state index contributed by atoms with van der Waals surface area (Å²) in [5.41, 5.74) is 2.15. The first kappa shape index (κ1) is 11.8. The van der Waals surface area contributed by atoms with Crippen LogP contribution in [0.4, 0.5) is 0 Å². The van der Waals surface area contributed by atoms with E-state index < -0.39 is 0 Å². The van der Waals surface area contributed by atoms with Gasteiger partial charge in [0.2, 0.25) is 0 Å². The van der Waals surface area contributed by atoms with E-state index in [9.17, 15) is 0 Å². The quantitative estimate of drug-likeness (QED) is 0.920. The molecule has 0 saturated heterocycles. The molecule has 0 fully saturated rings. The Morgan fingerprint density at radius 1 is 1.50 bits per heavy atom. The minimum absolute atomic E-state index is 0.199. The van der Waals surface area contributed by atoms with Gasteiger partial charge in [-0.1, -0.05) is 5.21 Å². The van der Waals surface area contributed by atoms with Crippen LogP contribution in [0.15, 0.2) is 21.4 Å². The predicted molar refractivity (Wildman–Crippen MR) is 66.5 cm³/mol. The van der Waals surface area contributed by atoms with Crippen molar-refractivity contribution in [1.82, 2.24) is 15.0 Å². The molecule has 4 nitrogen and oxygen atoms in total. The molecule has 86 valence electrons. The molecule has 2 aromatic heterocycles. The molecule has 2 heterocycles. The van der Waals surface area contributed by atoms with Gasteiger partial charge >= 0.3 is 0 Å². The molecular weight excluding hydrogens is 290 g/mol. The van der Waals surface area contributed by atoms with Gasteiger partial charge in [0, 0.05) is 12.8 Å². The van der Waals surface area contributed by atoms with Gasteiger partial charge in [0.05, 0.1) is 16.0 Å². The van der Waals surface area contributed by atoms with Gasteiger partial charge in [-0.2, -0.15) is 0 Å². The maximum Gasteiger partial charge on any atom is 0.0828 e. The Morgan fingerprint density at radius 3 is 3.06 bits per heavy atom. The summed E-state index contributed by atoms with van der Waals surface area (Å²) in [5, 5.41) is 18.9. The van der Waals surface area contributed by atoms with Gasteiger partial charge in [-0.3, -0.25) is 0 Å². The zero-order chi connectivity index (χ0) is 11.4. The summed E-state index contributed by atoms with van der Waals surface area (Å²) >= 11 is 5.10. The molecule has 0 unspecified atom stereocenters. The molecule has 16 heavy (non-hydrogen) atoms. The Hall–Kier alpha value is -0.720. The summed E-state index contributed by atoms with van der Waals surface area (Å²) in [7, 11) is 0. The van der Waals surface area contributed by atoms with Crippen molar-refractivity contribution in [3.05, 3.63) is 32.7 Å². The van der Waals surface area contributed by atoms with E-state index in [0.717, 1.165) is 28.9 Å². The number of nitrogens with zero attached hydrogens (tertiary/aromatic N) is 3. The minimum atomic E-state index is 0.199. The molecule has 1 N–H and O–H groups in total. The first-order valence-electron chi connectivity index (χ1n) is 5.00. The highest BCUT2D eigenvalue weighted by molar-refractivity contribution is 9.11. The molecule has 0 radical (unpaired) electrons. The predicted octanol–water partition coefficient (Wildman–Crippen LogP) is 2.08. The topological polar surface area (TPSA) is 50.9 Å². The van der Waals surface area contributed by atoms with Gasteiger partial charge in [0.1, 0.15) is 0 Å². The third-order valence-electron chi connectivity index (χ3n) is 2.14. The molecule has 0 amide bonds. The zero-order valence-electron chi connectivity index (χ0n) is 8.64. The van der Waals surface area contributed by atoms with E-state index in [1.165, 1.54) is 5.56 Å². The molecule has 0 aliphatic heterocycles. The molecule has 0 saturated carbocycles. The number of aliphatic hydroxyl groups excluding tert-OH is 1. The van der Waals surface area contributed by atoms with E-state index in [0.29, 0.717) is 0 Å². The summed E-state index contributed by atoms with van der Waals surface area (Å²) in [4.78, 5) is 0. The van der Waals surface area contributed by atoms with E-state index in [-0.39, 0.29) is 6.61 Å². The average Bonchev–Trinajstić information content (AvgIpc) is 2.86. The second kappa shape index (κ2) is 5.56. The monoisotopic (exact) mass is 301 g/mol. The van der Waals surface area contributed by atoms with Crippen LogP contribution in [0, 0.1) is 0 Å². The number of hydrogen-bond acceptors (Lipinski definition) is 4. The summed E-state index contributed by atoms with van der Waals surface area (Å²) in [6.07, 6.45) is 3.45.